The predicted molar refractivity (Wildman–Crippen MR) is 102 cm³/mol. The Balaban J connectivity index is 1.90. The van der Waals surface area contributed by atoms with Gasteiger partial charge in [-0.2, -0.15) is 18.2 Å². The molecule has 0 N–H and O–H groups in total. The molecule has 0 spiro atoms. The van der Waals surface area contributed by atoms with Crippen LogP contribution in [-0.4, -0.2) is 27.9 Å². The molecule has 0 aliphatic rings. The van der Waals surface area contributed by atoms with Gasteiger partial charge >= 0.3 is 12.1 Å². The molecule has 0 unspecified atom stereocenters. The van der Waals surface area contributed by atoms with E-state index in [1.165, 1.54) is 0 Å². The normalized spacial score (nSPS) is 12.1. The Kier molecular flexibility index (Phi) is 7.21. The van der Waals surface area contributed by atoms with Gasteiger partial charge in [0.1, 0.15) is 5.60 Å². The van der Waals surface area contributed by atoms with E-state index in [4.69, 9.17) is 9.26 Å². The Labute approximate surface area is 167 Å². The smallest absolute Gasteiger partial charge is 0.389 e. The number of hydrogen-bond donors (Lipinski definition) is 0. The van der Waals surface area contributed by atoms with Crippen molar-refractivity contribution < 1.29 is 27.2 Å². The van der Waals surface area contributed by atoms with Gasteiger partial charge in [-0.25, -0.2) is 4.79 Å². The van der Waals surface area contributed by atoms with E-state index in [1.807, 2.05) is 12.1 Å². The number of hydrogen-bond acceptors (Lipinski definition) is 5. The second-order valence-electron chi connectivity index (χ2n) is 7.81. The van der Waals surface area contributed by atoms with Gasteiger partial charge in [0.25, 0.3) is 0 Å². The second kappa shape index (κ2) is 9.24. The van der Waals surface area contributed by atoms with E-state index < -0.39 is 24.2 Å². The molecule has 158 valence electrons. The van der Waals surface area contributed by atoms with Crippen molar-refractivity contribution in [2.75, 3.05) is 0 Å². The van der Waals surface area contributed by atoms with Gasteiger partial charge in [0.05, 0.1) is 6.42 Å². The molecular weight excluding hydrogens is 385 g/mol. The maximum Gasteiger partial charge on any atom is 0.389 e. The van der Waals surface area contributed by atoms with E-state index in [0.29, 0.717) is 24.2 Å². The van der Waals surface area contributed by atoms with Crippen molar-refractivity contribution >= 4 is 5.97 Å². The fourth-order valence-electron chi connectivity index (χ4n) is 2.52. The first-order valence-corrected chi connectivity index (χ1v) is 9.33. The summed E-state index contributed by atoms with van der Waals surface area (Å²) in [6.45, 7) is 9.01. The minimum absolute atomic E-state index is 0.0825. The molecule has 1 heterocycles. The third-order valence-corrected chi connectivity index (χ3v) is 3.91. The fourth-order valence-corrected chi connectivity index (χ4v) is 2.52. The van der Waals surface area contributed by atoms with Gasteiger partial charge in [0.15, 0.2) is 0 Å². The molecule has 0 aliphatic heterocycles. The number of carbonyl (C=O) groups is 1. The van der Waals surface area contributed by atoms with E-state index in [9.17, 15) is 18.0 Å². The van der Waals surface area contributed by atoms with Crippen molar-refractivity contribution in [3.63, 3.8) is 0 Å². The molecule has 0 amide bonds. The van der Waals surface area contributed by atoms with Crippen molar-refractivity contribution in [3.8, 4) is 11.4 Å². The highest BCUT2D eigenvalue weighted by Gasteiger charge is 2.25. The molecular formula is C21H25F3N2O3. The lowest BCUT2D eigenvalue weighted by atomic mass is 10.0. The molecule has 0 fully saturated rings. The molecule has 0 saturated heterocycles. The third-order valence-electron chi connectivity index (χ3n) is 3.91. The Bertz CT molecular complexity index is 834. The first kappa shape index (κ1) is 22.6. The van der Waals surface area contributed by atoms with Crippen LogP contribution in [0.1, 0.15) is 51.5 Å². The van der Waals surface area contributed by atoms with Gasteiger partial charge in [-0.1, -0.05) is 36.0 Å². The summed E-state index contributed by atoms with van der Waals surface area (Å²) in [5, 5.41) is 3.90. The van der Waals surface area contributed by atoms with Gasteiger partial charge in [-0.05, 0) is 45.6 Å². The van der Waals surface area contributed by atoms with Crippen LogP contribution in [0.25, 0.3) is 11.4 Å². The maximum absolute atomic E-state index is 12.2. The number of ether oxygens (including phenoxy) is 1. The van der Waals surface area contributed by atoms with Crippen LogP contribution in [-0.2, 0) is 22.4 Å². The summed E-state index contributed by atoms with van der Waals surface area (Å²) in [7, 11) is 0. The molecule has 0 aliphatic carbocycles. The standard InChI is InChI=1S/C21H25F3N2O3/c1-14(19(27)28-20(2,3)4)13-17-25-18(26-29-17)16-10-8-15(9-11-16)7-5-6-12-21(22,23)24/h8-11H,1,5-7,12-13H2,2-4H3. The average Bonchev–Trinajstić information content (AvgIpc) is 3.05. The molecule has 1 aromatic heterocycles. The minimum atomic E-state index is -4.10. The number of halogens is 3. The third kappa shape index (κ3) is 8.09. The van der Waals surface area contributed by atoms with Gasteiger partial charge in [-0.3, -0.25) is 0 Å². The van der Waals surface area contributed by atoms with Gasteiger partial charge < -0.3 is 9.26 Å². The van der Waals surface area contributed by atoms with Crippen LogP contribution in [0.5, 0.6) is 0 Å². The molecule has 0 atom stereocenters. The number of rotatable bonds is 8. The Morgan fingerprint density at radius 1 is 1.14 bits per heavy atom. The number of benzene rings is 1. The SMILES string of the molecule is C=C(Cc1nc(-c2ccc(CCCCC(F)(F)F)cc2)no1)C(=O)OC(C)(C)C. The summed E-state index contributed by atoms with van der Waals surface area (Å²) in [6, 6.07) is 7.24. The first-order chi connectivity index (χ1) is 13.4. The Morgan fingerprint density at radius 3 is 2.38 bits per heavy atom. The summed E-state index contributed by atoms with van der Waals surface area (Å²) in [4.78, 5) is 16.2. The van der Waals surface area contributed by atoms with E-state index in [0.717, 1.165) is 5.56 Å². The van der Waals surface area contributed by atoms with Gasteiger partial charge in [-0.15, -0.1) is 0 Å². The number of aromatic nitrogens is 2. The largest absolute Gasteiger partial charge is 0.457 e. The molecule has 2 rings (SSSR count). The van der Waals surface area contributed by atoms with Crippen LogP contribution >= 0.6 is 0 Å². The molecule has 29 heavy (non-hydrogen) atoms. The molecule has 2 aromatic rings. The van der Waals surface area contributed by atoms with Crippen molar-refractivity contribution in [2.45, 2.75) is 64.7 Å². The predicted octanol–water partition coefficient (Wildman–Crippen LogP) is 5.45. The maximum atomic E-state index is 12.2. The lowest BCUT2D eigenvalue weighted by Crippen LogP contribution is -2.25. The fraction of sp³-hybridized carbons (Fsp3) is 0.476. The number of aryl methyl sites for hydroxylation is 1. The van der Waals surface area contributed by atoms with E-state index in [-0.39, 0.29) is 24.3 Å². The van der Waals surface area contributed by atoms with E-state index in [1.54, 1.807) is 32.9 Å². The molecule has 5 nitrogen and oxygen atoms in total. The lowest BCUT2D eigenvalue weighted by Gasteiger charge is -2.19. The van der Waals surface area contributed by atoms with Crippen LogP contribution in [0.15, 0.2) is 40.9 Å². The number of nitrogens with zero attached hydrogens (tertiary/aromatic N) is 2. The van der Waals surface area contributed by atoms with Gasteiger partial charge in [0.2, 0.25) is 11.7 Å². The first-order valence-electron chi connectivity index (χ1n) is 9.33. The number of unbranched alkanes of at least 4 members (excludes halogenated alkanes) is 1. The van der Waals surface area contributed by atoms with E-state index >= 15 is 0 Å². The van der Waals surface area contributed by atoms with Crippen molar-refractivity contribution in [2.24, 2.45) is 0 Å². The van der Waals surface area contributed by atoms with Crippen LogP contribution in [0.4, 0.5) is 13.2 Å². The van der Waals surface area contributed by atoms with Crippen molar-refractivity contribution in [1.29, 1.82) is 0 Å². The molecule has 8 heteroatoms. The second-order valence-corrected chi connectivity index (χ2v) is 7.81. The van der Waals surface area contributed by atoms with Crippen LogP contribution in [0.2, 0.25) is 0 Å². The zero-order valence-electron chi connectivity index (χ0n) is 16.8. The van der Waals surface area contributed by atoms with Crippen molar-refractivity contribution in [1.82, 2.24) is 10.1 Å². The number of carbonyl (C=O) groups excluding carboxylic acids is 1. The summed E-state index contributed by atoms with van der Waals surface area (Å²) >= 11 is 0. The summed E-state index contributed by atoms with van der Waals surface area (Å²) in [5.41, 5.74) is 1.25. The quantitative estimate of drug-likeness (QED) is 0.329. The molecule has 1 aromatic carbocycles. The van der Waals surface area contributed by atoms with E-state index in [2.05, 4.69) is 16.7 Å². The van der Waals surface area contributed by atoms with Crippen LogP contribution in [0, 0.1) is 0 Å². The molecule has 0 radical (unpaired) electrons. The summed E-state index contributed by atoms with van der Waals surface area (Å²) in [5.74, 6) is 0.0832. The zero-order valence-corrected chi connectivity index (χ0v) is 16.8. The highest BCUT2D eigenvalue weighted by atomic mass is 19.4. The van der Waals surface area contributed by atoms with Gasteiger partial charge in [0, 0.05) is 17.6 Å². The summed E-state index contributed by atoms with van der Waals surface area (Å²) in [6.07, 6.45) is -3.62. The lowest BCUT2D eigenvalue weighted by molar-refractivity contribution is -0.150. The summed E-state index contributed by atoms with van der Waals surface area (Å²) < 4.78 is 46.9. The highest BCUT2D eigenvalue weighted by Crippen LogP contribution is 2.23. The molecule has 0 bridgehead atoms. The van der Waals surface area contributed by atoms with Crippen LogP contribution in [0.3, 0.4) is 0 Å². The number of alkyl halides is 3. The Morgan fingerprint density at radius 2 is 1.79 bits per heavy atom. The monoisotopic (exact) mass is 410 g/mol. The zero-order chi connectivity index (χ0) is 21.7. The average molecular weight is 410 g/mol. The highest BCUT2D eigenvalue weighted by molar-refractivity contribution is 5.88. The Hall–Kier alpha value is -2.64. The minimum Gasteiger partial charge on any atom is -0.457 e. The topological polar surface area (TPSA) is 65.2 Å². The van der Waals surface area contributed by atoms with Crippen molar-refractivity contribution in [3.05, 3.63) is 47.9 Å². The molecule has 0 saturated carbocycles. The van der Waals surface area contributed by atoms with Crippen LogP contribution < -0.4 is 0 Å². The number of esters is 1.